The van der Waals surface area contributed by atoms with Gasteiger partial charge >= 0.3 is 208 Å². The summed E-state index contributed by atoms with van der Waals surface area (Å²) < 4.78 is 6.90. The van der Waals surface area contributed by atoms with Crippen LogP contribution in [-0.4, -0.2) is 53.1 Å². The van der Waals surface area contributed by atoms with E-state index in [0.29, 0.717) is 0 Å². The molecule has 0 aliphatic rings. The molecule has 0 radical (unpaired) electrons. The van der Waals surface area contributed by atoms with Crippen LogP contribution in [0, 0.1) is 0 Å². The Kier molecular flexibility index (Phi) is 6.14. The second-order valence-electron chi connectivity index (χ2n) is 14.0. The normalized spacial score (nSPS) is 14.2. The Balaban J connectivity index is 2.39. The molecule has 4 aromatic carbocycles. The van der Waals surface area contributed by atoms with Crippen LogP contribution < -0.4 is 17.6 Å². The van der Waals surface area contributed by atoms with Crippen LogP contribution in [0.15, 0.2) is 36.4 Å². The molecule has 4 aromatic rings. The molecule has 0 atom stereocenters. The van der Waals surface area contributed by atoms with E-state index < -0.39 is 53.1 Å². The Morgan fingerprint density at radius 1 is 0.344 bits per heavy atom. The molecular weight excluding hydrogens is 627 g/mol. The molecule has 0 aliphatic heterocycles. The van der Waals surface area contributed by atoms with Gasteiger partial charge in [0.25, 0.3) is 0 Å². The molecule has 0 heterocycles. The zero-order valence-electron chi connectivity index (χ0n) is 22.5. The van der Waals surface area contributed by atoms with Gasteiger partial charge in [-0.2, -0.15) is 0 Å². The van der Waals surface area contributed by atoms with E-state index in [1.54, 1.807) is 49.9 Å². The Bertz CT molecular complexity index is 1140. The van der Waals surface area contributed by atoms with Crippen LogP contribution in [0.25, 0.3) is 32.3 Å². The summed E-state index contributed by atoms with van der Waals surface area (Å²) in [6, 6.07) is 15.5. The van der Waals surface area contributed by atoms with E-state index in [0.717, 1.165) is 0 Å². The van der Waals surface area contributed by atoms with Gasteiger partial charge in [-0.1, -0.05) is 0 Å². The fourth-order valence-electron chi connectivity index (χ4n) is 5.48. The number of hydrogen-bond acceptors (Lipinski definition) is 0. The fraction of sp³-hybridized carbons (Fsp3) is 0.429. The van der Waals surface area contributed by atoms with Gasteiger partial charge in [0.2, 0.25) is 0 Å². The molecule has 0 fully saturated rings. The molecule has 0 saturated heterocycles. The van der Waals surface area contributed by atoms with E-state index in [-0.39, 0.29) is 0 Å². The van der Waals surface area contributed by atoms with Crippen molar-refractivity contribution in [2.24, 2.45) is 0 Å². The Morgan fingerprint density at radius 3 is 0.688 bits per heavy atom. The first kappa shape index (κ1) is 25.2. The van der Waals surface area contributed by atoms with E-state index in [2.05, 4.69) is 105 Å². The minimum absolute atomic E-state index is 1.58. The number of rotatable bonds is 4. The first-order valence-corrected chi connectivity index (χ1v) is 41.6. The zero-order chi connectivity index (χ0) is 24.0. The summed E-state index contributed by atoms with van der Waals surface area (Å²) in [6.07, 6.45) is 0. The van der Waals surface area contributed by atoms with Gasteiger partial charge in [0.1, 0.15) is 0 Å². The molecule has 0 spiro atoms. The van der Waals surface area contributed by atoms with E-state index >= 15 is 0 Å². The van der Waals surface area contributed by atoms with Crippen molar-refractivity contribution in [3.63, 3.8) is 0 Å². The van der Waals surface area contributed by atoms with Gasteiger partial charge in [0.15, 0.2) is 0 Å². The van der Waals surface area contributed by atoms with Crippen molar-refractivity contribution in [2.45, 2.75) is 69.1 Å². The van der Waals surface area contributed by atoms with Gasteiger partial charge in [-0.15, -0.1) is 0 Å². The second-order valence-corrected chi connectivity index (χ2v) is 56.3. The standard InChI is InChI=1S/C28H42Ge4/c1-29(2,3)23-17-24(30(4,5)6)20-15-16-22-26(32(10,11)12)18-25(31(7,8)9)21-14-13-19(23)27(20)28(21)22/h13-18H,1-12H3. The Labute approximate surface area is 206 Å². The quantitative estimate of drug-likeness (QED) is 0.167. The summed E-state index contributed by atoms with van der Waals surface area (Å²) in [4.78, 5) is 0. The van der Waals surface area contributed by atoms with Gasteiger partial charge in [0.05, 0.1) is 0 Å². The summed E-state index contributed by atoms with van der Waals surface area (Å²) >= 11 is -8.20. The van der Waals surface area contributed by atoms with E-state index in [1.807, 2.05) is 0 Å². The van der Waals surface area contributed by atoms with Crippen molar-refractivity contribution in [2.75, 3.05) is 0 Å². The van der Waals surface area contributed by atoms with Crippen LogP contribution in [0.5, 0.6) is 0 Å². The molecule has 0 nitrogen and oxygen atoms in total. The van der Waals surface area contributed by atoms with Crippen LogP contribution in [0.1, 0.15) is 0 Å². The van der Waals surface area contributed by atoms with Crippen molar-refractivity contribution < 1.29 is 0 Å². The molecule has 0 saturated carbocycles. The predicted octanol–water partition coefficient (Wildman–Crippen LogP) is 6.76. The van der Waals surface area contributed by atoms with Crippen LogP contribution >= 0.6 is 0 Å². The van der Waals surface area contributed by atoms with Crippen molar-refractivity contribution in [1.82, 2.24) is 0 Å². The van der Waals surface area contributed by atoms with Gasteiger partial charge in [-0.3, -0.25) is 0 Å². The summed E-state index contributed by atoms with van der Waals surface area (Å²) in [5.41, 5.74) is 0. The molecule has 4 heteroatoms. The van der Waals surface area contributed by atoms with Gasteiger partial charge in [-0.05, 0) is 0 Å². The molecule has 0 aliphatic carbocycles. The Hall–Kier alpha value is 0.0914. The maximum atomic E-state index is 2.69. The van der Waals surface area contributed by atoms with Gasteiger partial charge in [-0.25, -0.2) is 0 Å². The second kappa shape index (κ2) is 7.80. The van der Waals surface area contributed by atoms with Crippen molar-refractivity contribution >= 4 is 103 Å². The number of benzene rings is 4. The summed E-state index contributed by atoms with van der Waals surface area (Å²) in [6.45, 7) is 0. The predicted molar refractivity (Wildman–Crippen MR) is 162 cm³/mol. The average molecular weight is 669 g/mol. The topological polar surface area (TPSA) is 0 Å². The van der Waals surface area contributed by atoms with Crippen molar-refractivity contribution in [3.05, 3.63) is 36.4 Å². The molecule has 0 unspecified atom stereocenters. The third-order valence-corrected chi connectivity index (χ3v) is 24.2. The fourth-order valence-corrected chi connectivity index (χ4v) is 20.1. The van der Waals surface area contributed by atoms with Gasteiger partial charge in [0, 0.05) is 0 Å². The average Bonchev–Trinajstić information content (AvgIpc) is 2.61. The summed E-state index contributed by atoms with van der Waals surface area (Å²) in [7, 11) is 0. The summed E-state index contributed by atoms with van der Waals surface area (Å²) in [5.74, 6) is 31.0. The monoisotopic (exact) mass is 674 g/mol. The van der Waals surface area contributed by atoms with E-state index in [1.165, 1.54) is 0 Å². The van der Waals surface area contributed by atoms with Gasteiger partial charge < -0.3 is 0 Å². The SMILES string of the molecule is [CH3][Ge]([CH3])([CH3])[c]1c[c]([Ge]([CH3])([CH3])[CH3])c2ccc3[c]([Ge]([CH3])([CH3])[CH3])c[c]([Ge]([CH3])([CH3])[CH3])c4ccc1c2c43. The first-order valence-electron chi connectivity index (χ1n) is 12.2. The molecule has 4 rings (SSSR count). The molecule has 0 amide bonds. The van der Waals surface area contributed by atoms with E-state index in [4.69, 9.17) is 0 Å². The third-order valence-electron chi connectivity index (χ3n) is 7.13. The van der Waals surface area contributed by atoms with Crippen LogP contribution in [0.4, 0.5) is 0 Å². The first-order chi connectivity index (χ1) is 14.4. The van der Waals surface area contributed by atoms with Crippen molar-refractivity contribution in [3.8, 4) is 0 Å². The van der Waals surface area contributed by atoms with Crippen molar-refractivity contribution in [1.29, 1.82) is 0 Å². The molecule has 0 bridgehead atoms. The Morgan fingerprint density at radius 2 is 0.531 bits per heavy atom. The van der Waals surface area contributed by atoms with E-state index in [9.17, 15) is 0 Å². The molecule has 0 aromatic heterocycles. The van der Waals surface area contributed by atoms with Crippen LogP contribution in [-0.2, 0) is 0 Å². The molecule has 32 heavy (non-hydrogen) atoms. The molecule has 170 valence electrons. The van der Waals surface area contributed by atoms with Crippen LogP contribution in [0.2, 0.25) is 69.1 Å². The summed E-state index contributed by atoms with van der Waals surface area (Å²) in [5, 5.41) is 9.54. The zero-order valence-corrected chi connectivity index (χ0v) is 30.9. The minimum atomic E-state index is -2.05. The molecular formula is C28H42Ge4. The number of hydrogen-bond donors (Lipinski definition) is 0. The van der Waals surface area contributed by atoms with Crippen LogP contribution in [0.3, 0.4) is 0 Å². The molecule has 0 N–H and O–H groups in total. The maximum absolute atomic E-state index is 2.69. The third kappa shape index (κ3) is 4.18.